The Balaban J connectivity index is 1.56. The van der Waals surface area contributed by atoms with Gasteiger partial charge in [-0.2, -0.15) is 0 Å². The highest BCUT2D eigenvalue weighted by Gasteiger charge is 2.26. The smallest absolute Gasteiger partial charge is 0.260 e. The molecule has 1 aliphatic rings. The van der Waals surface area contributed by atoms with Crippen LogP contribution in [0.1, 0.15) is 18.7 Å². The Morgan fingerprint density at radius 2 is 2.24 bits per heavy atom. The number of nitrogens with two attached hydrogens (primary N) is 1. The van der Waals surface area contributed by atoms with Crippen LogP contribution >= 0.6 is 11.3 Å². The fourth-order valence-corrected chi connectivity index (χ4v) is 4.36. The number of fused-ring (bicyclic) bond motifs is 1. The molecular weight excluding hydrogens is 340 g/mol. The van der Waals surface area contributed by atoms with E-state index < -0.39 is 0 Å². The normalized spacial score (nSPS) is 20.8. The first-order valence-corrected chi connectivity index (χ1v) is 9.17. The van der Waals surface area contributed by atoms with Gasteiger partial charge in [0.05, 0.1) is 24.7 Å². The van der Waals surface area contributed by atoms with Crippen molar-refractivity contribution in [2.24, 2.45) is 11.7 Å². The maximum absolute atomic E-state index is 12.6. The number of aromatic nitrogens is 2. The van der Waals surface area contributed by atoms with Crippen molar-refractivity contribution < 1.29 is 14.1 Å². The number of furan rings is 1. The van der Waals surface area contributed by atoms with E-state index in [1.807, 2.05) is 11.4 Å². The van der Waals surface area contributed by atoms with Gasteiger partial charge in [-0.3, -0.25) is 9.59 Å². The number of nitrogens with zero attached hydrogens (tertiary/aromatic N) is 1. The minimum absolute atomic E-state index is 0.0219. The summed E-state index contributed by atoms with van der Waals surface area (Å²) < 4.78 is 5.41. The first-order chi connectivity index (χ1) is 12.1. The Hall–Kier alpha value is -2.45. The van der Waals surface area contributed by atoms with Crippen molar-refractivity contribution in [2.45, 2.75) is 19.4 Å². The molecule has 0 spiro atoms. The zero-order chi connectivity index (χ0) is 17.4. The number of carbonyl (C=O) groups is 1. The van der Waals surface area contributed by atoms with Gasteiger partial charge in [0.15, 0.2) is 5.82 Å². The molecule has 0 aliphatic carbocycles. The summed E-state index contributed by atoms with van der Waals surface area (Å²) in [6.07, 6.45) is 3.17. The second-order valence-corrected chi connectivity index (χ2v) is 7.28. The van der Waals surface area contributed by atoms with Gasteiger partial charge in [0.1, 0.15) is 17.1 Å². The van der Waals surface area contributed by atoms with Crippen molar-refractivity contribution in [3.63, 3.8) is 0 Å². The molecule has 8 heteroatoms. The Bertz CT molecular complexity index is 952. The first-order valence-electron chi connectivity index (χ1n) is 8.29. The average molecular weight is 359 g/mol. The van der Waals surface area contributed by atoms with Crippen LogP contribution < -0.4 is 16.2 Å². The lowest BCUT2D eigenvalue weighted by Crippen LogP contribution is -3.12. The molecular formula is C17H19N4O3S+. The second kappa shape index (κ2) is 6.45. The molecule has 25 heavy (non-hydrogen) atoms. The molecule has 0 bridgehead atoms. The molecule has 0 radical (unpaired) electrons. The number of primary amides is 1. The first kappa shape index (κ1) is 16.0. The SMILES string of the molecule is NC(=O)C1CC[NH+](Cc2nc3scc(-c4ccco4)c3c(=O)[nH]2)CC1. The molecule has 7 nitrogen and oxygen atoms in total. The van der Waals surface area contributed by atoms with Crippen LogP contribution in [0.3, 0.4) is 0 Å². The summed E-state index contributed by atoms with van der Waals surface area (Å²) in [7, 11) is 0. The van der Waals surface area contributed by atoms with Gasteiger partial charge < -0.3 is 20.0 Å². The highest BCUT2D eigenvalue weighted by atomic mass is 32.1. The highest BCUT2D eigenvalue weighted by molar-refractivity contribution is 7.17. The number of piperidine rings is 1. The molecule has 130 valence electrons. The van der Waals surface area contributed by atoms with Crippen LogP contribution in [0.4, 0.5) is 0 Å². The molecule has 4 heterocycles. The van der Waals surface area contributed by atoms with Gasteiger partial charge in [-0.1, -0.05) is 0 Å². The van der Waals surface area contributed by atoms with Crippen molar-refractivity contribution in [3.8, 4) is 11.3 Å². The Morgan fingerprint density at radius 1 is 1.44 bits per heavy atom. The molecule has 1 fully saturated rings. The van der Waals surface area contributed by atoms with E-state index in [0.29, 0.717) is 23.5 Å². The minimum Gasteiger partial charge on any atom is -0.464 e. The van der Waals surface area contributed by atoms with E-state index in [0.717, 1.165) is 36.3 Å². The summed E-state index contributed by atoms with van der Waals surface area (Å²) in [5.41, 5.74) is 6.01. The highest BCUT2D eigenvalue weighted by Crippen LogP contribution is 2.30. The monoisotopic (exact) mass is 359 g/mol. The van der Waals surface area contributed by atoms with Gasteiger partial charge in [0.2, 0.25) is 5.91 Å². The van der Waals surface area contributed by atoms with Crippen LogP contribution in [0.25, 0.3) is 21.5 Å². The van der Waals surface area contributed by atoms with Crippen molar-refractivity contribution in [3.05, 3.63) is 40.0 Å². The summed E-state index contributed by atoms with van der Waals surface area (Å²) >= 11 is 1.45. The number of quaternary nitrogens is 1. The summed E-state index contributed by atoms with van der Waals surface area (Å²) in [6.45, 7) is 2.36. The third-order valence-corrected chi connectivity index (χ3v) is 5.66. The van der Waals surface area contributed by atoms with Gasteiger partial charge in [0, 0.05) is 29.7 Å². The zero-order valence-electron chi connectivity index (χ0n) is 13.6. The van der Waals surface area contributed by atoms with Gasteiger partial charge in [-0.25, -0.2) is 4.98 Å². The second-order valence-electron chi connectivity index (χ2n) is 6.42. The van der Waals surface area contributed by atoms with E-state index in [2.05, 4.69) is 9.97 Å². The molecule has 3 aromatic heterocycles. The molecule has 1 saturated heterocycles. The fraction of sp³-hybridized carbons (Fsp3) is 0.353. The number of hydrogen-bond donors (Lipinski definition) is 3. The van der Waals surface area contributed by atoms with Gasteiger partial charge >= 0.3 is 0 Å². The predicted octanol–water partition coefficient (Wildman–Crippen LogP) is 0.525. The number of rotatable bonds is 4. The van der Waals surface area contributed by atoms with E-state index >= 15 is 0 Å². The quantitative estimate of drug-likeness (QED) is 0.631. The molecule has 4 N–H and O–H groups in total. The molecule has 1 amide bonds. The Morgan fingerprint density at radius 3 is 2.92 bits per heavy atom. The number of likely N-dealkylation sites (tertiary alicyclic amines) is 1. The zero-order valence-corrected chi connectivity index (χ0v) is 14.4. The summed E-state index contributed by atoms with van der Waals surface area (Å²) in [5, 5.41) is 2.48. The van der Waals surface area contributed by atoms with Crippen LogP contribution in [0.5, 0.6) is 0 Å². The van der Waals surface area contributed by atoms with E-state index in [1.54, 1.807) is 12.3 Å². The van der Waals surface area contributed by atoms with Crippen LogP contribution in [-0.2, 0) is 11.3 Å². The van der Waals surface area contributed by atoms with Crippen molar-refractivity contribution in [2.75, 3.05) is 13.1 Å². The molecule has 3 aromatic rings. The number of carbonyl (C=O) groups excluding carboxylic acids is 1. The third kappa shape index (κ3) is 3.10. The van der Waals surface area contributed by atoms with E-state index in [4.69, 9.17) is 10.2 Å². The number of hydrogen-bond acceptors (Lipinski definition) is 5. The van der Waals surface area contributed by atoms with E-state index in [1.165, 1.54) is 16.2 Å². The molecule has 0 unspecified atom stereocenters. The van der Waals surface area contributed by atoms with Gasteiger partial charge in [-0.05, 0) is 12.1 Å². The molecule has 1 aliphatic heterocycles. The van der Waals surface area contributed by atoms with Crippen LogP contribution in [0.15, 0.2) is 33.0 Å². The molecule has 4 rings (SSSR count). The van der Waals surface area contributed by atoms with E-state index in [9.17, 15) is 9.59 Å². The standard InChI is InChI=1S/C17H18N4O3S/c18-15(22)10-3-5-21(6-4-10)8-13-19-16(23)14-11(9-25-17(14)20-13)12-2-1-7-24-12/h1-2,7,9-10H,3-6,8H2,(H2,18,22)(H,19,20,23)/p+1. The Kier molecular flexibility index (Phi) is 4.14. The van der Waals surface area contributed by atoms with Crippen LogP contribution in [0, 0.1) is 5.92 Å². The largest absolute Gasteiger partial charge is 0.464 e. The Labute approximate surface area is 147 Å². The molecule has 0 atom stereocenters. The number of H-pyrrole nitrogens is 1. The maximum atomic E-state index is 12.6. The summed E-state index contributed by atoms with van der Waals surface area (Å²) in [4.78, 5) is 33.4. The van der Waals surface area contributed by atoms with Crippen molar-refractivity contribution in [1.29, 1.82) is 0 Å². The maximum Gasteiger partial charge on any atom is 0.260 e. The molecule has 0 aromatic carbocycles. The van der Waals surface area contributed by atoms with E-state index in [-0.39, 0.29) is 17.4 Å². The molecule has 0 saturated carbocycles. The van der Waals surface area contributed by atoms with Crippen LogP contribution in [-0.4, -0.2) is 29.0 Å². The number of nitrogens with one attached hydrogen (secondary N) is 2. The number of aromatic amines is 1. The predicted molar refractivity (Wildman–Crippen MR) is 94.3 cm³/mol. The summed E-state index contributed by atoms with van der Waals surface area (Å²) in [6, 6.07) is 3.63. The lowest BCUT2D eigenvalue weighted by atomic mass is 9.96. The van der Waals surface area contributed by atoms with Crippen molar-refractivity contribution >= 4 is 27.5 Å². The lowest BCUT2D eigenvalue weighted by Gasteiger charge is -2.27. The number of thiophene rings is 1. The number of amides is 1. The fourth-order valence-electron chi connectivity index (χ4n) is 3.41. The van der Waals surface area contributed by atoms with Gasteiger partial charge in [0.25, 0.3) is 5.56 Å². The van der Waals surface area contributed by atoms with Gasteiger partial charge in [-0.15, -0.1) is 11.3 Å². The lowest BCUT2D eigenvalue weighted by molar-refractivity contribution is -0.920. The minimum atomic E-state index is -0.212. The third-order valence-electron chi connectivity index (χ3n) is 4.79. The topological polar surface area (TPSA) is 106 Å². The average Bonchev–Trinajstić information content (AvgIpc) is 3.24. The van der Waals surface area contributed by atoms with Crippen LogP contribution in [0.2, 0.25) is 0 Å². The van der Waals surface area contributed by atoms with Crippen molar-refractivity contribution in [1.82, 2.24) is 9.97 Å². The summed E-state index contributed by atoms with van der Waals surface area (Å²) in [5.74, 6) is 1.12.